The SMILES string of the molecule is CO.COC(=O)CNC(=O)c1cc(C)c(Br)c(C)c1. The third-order valence-electron chi connectivity index (χ3n) is 2.32. The van der Waals surface area contributed by atoms with Gasteiger partial charge in [0.1, 0.15) is 6.54 Å². The molecule has 0 fully saturated rings. The van der Waals surface area contributed by atoms with Gasteiger partial charge in [-0.1, -0.05) is 15.9 Å². The van der Waals surface area contributed by atoms with Crippen LogP contribution in [-0.2, 0) is 9.53 Å². The van der Waals surface area contributed by atoms with Gasteiger partial charge in [-0.3, -0.25) is 9.59 Å². The van der Waals surface area contributed by atoms with E-state index in [1.165, 1.54) is 7.11 Å². The molecule has 6 heteroatoms. The summed E-state index contributed by atoms with van der Waals surface area (Å²) in [5.74, 6) is -0.752. The molecule has 1 aromatic rings. The van der Waals surface area contributed by atoms with E-state index in [0.717, 1.165) is 22.7 Å². The smallest absolute Gasteiger partial charge is 0.325 e. The van der Waals surface area contributed by atoms with Crippen molar-refractivity contribution < 1.29 is 19.4 Å². The highest BCUT2D eigenvalue weighted by atomic mass is 79.9. The van der Waals surface area contributed by atoms with Crippen molar-refractivity contribution in [2.75, 3.05) is 20.8 Å². The maximum atomic E-state index is 11.7. The normalized spacial score (nSPS) is 9.16. The van der Waals surface area contributed by atoms with Crippen molar-refractivity contribution in [3.8, 4) is 0 Å². The van der Waals surface area contributed by atoms with E-state index in [9.17, 15) is 9.59 Å². The molecule has 1 rings (SSSR count). The van der Waals surface area contributed by atoms with Crippen molar-refractivity contribution >= 4 is 27.8 Å². The van der Waals surface area contributed by atoms with Crippen LogP contribution in [0.15, 0.2) is 16.6 Å². The molecule has 0 aromatic heterocycles. The quantitative estimate of drug-likeness (QED) is 0.824. The fourth-order valence-electron chi connectivity index (χ4n) is 1.40. The summed E-state index contributed by atoms with van der Waals surface area (Å²) in [7, 11) is 2.28. The molecule has 2 N–H and O–H groups in total. The predicted octanol–water partition coefficient (Wildman–Crippen LogP) is 1.58. The molecule has 0 atom stereocenters. The lowest BCUT2D eigenvalue weighted by atomic mass is 10.1. The first-order chi connectivity index (χ1) is 8.95. The Bertz CT molecular complexity index is 437. The summed E-state index contributed by atoms with van der Waals surface area (Å²) in [6.07, 6.45) is 0. The first-order valence-corrected chi connectivity index (χ1v) is 6.31. The van der Waals surface area contributed by atoms with Crippen molar-refractivity contribution in [3.05, 3.63) is 33.3 Å². The monoisotopic (exact) mass is 331 g/mol. The van der Waals surface area contributed by atoms with Gasteiger partial charge in [0.2, 0.25) is 0 Å². The number of halogens is 1. The van der Waals surface area contributed by atoms with Crippen LogP contribution < -0.4 is 5.32 Å². The lowest BCUT2D eigenvalue weighted by Crippen LogP contribution is -2.30. The summed E-state index contributed by atoms with van der Waals surface area (Å²) in [6, 6.07) is 3.54. The van der Waals surface area contributed by atoms with E-state index >= 15 is 0 Å². The van der Waals surface area contributed by atoms with E-state index in [1.54, 1.807) is 12.1 Å². The van der Waals surface area contributed by atoms with Crippen LogP contribution in [0.5, 0.6) is 0 Å². The number of rotatable bonds is 3. The van der Waals surface area contributed by atoms with Gasteiger partial charge in [-0.25, -0.2) is 0 Å². The van der Waals surface area contributed by atoms with Gasteiger partial charge in [0.25, 0.3) is 5.91 Å². The van der Waals surface area contributed by atoms with Crippen LogP contribution in [0.25, 0.3) is 0 Å². The Morgan fingerprint density at radius 3 is 2.16 bits per heavy atom. The fourth-order valence-corrected chi connectivity index (χ4v) is 1.63. The Labute approximate surface area is 121 Å². The third-order valence-corrected chi connectivity index (χ3v) is 3.57. The van der Waals surface area contributed by atoms with Crippen molar-refractivity contribution in [1.82, 2.24) is 5.32 Å². The summed E-state index contributed by atoms with van der Waals surface area (Å²) < 4.78 is 5.43. The van der Waals surface area contributed by atoms with Crippen LogP contribution in [-0.4, -0.2) is 37.7 Å². The molecular formula is C13H18BrNO4. The number of ether oxygens (including phenoxy) is 1. The average molecular weight is 332 g/mol. The molecular weight excluding hydrogens is 314 g/mol. The van der Waals surface area contributed by atoms with Gasteiger partial charge in [-0.05, 0) is 37.1 Å². The van der Waals surface area contributed by atoms with Gasteiger partial charge >= 0.3 is 5.97 Å². The minimum absolute atomic E-state index is 0.122. The average Bonchev–Trinajstić information content (AvgIpc) is 2.43. The van der Waals surface area contributed by atoms with Crippen LogP contribution >= 0.6 is 15.9 Å². The highest BCUT2D eigenvalue weighted by Gasteiger charge is 2.10. The zero-order chi connectivity index (χ0) is 15.0. The Morgan fingerprint density at radius 1 is 1.26 bits per heavy atom. The van der Waals surface area contributed by atoms with Gasteiger partial charge in [0.05, 0.1) is 7.11 Å². The van der Waals surface area contributed by atoms with Crippen molar-refractivity contribution in [3.63, 3.8) is 0 Å². The summed E-state index contributed by atoms with van der Waals surface area (Å²) in [5, 5.41) is 9.49. The number of carbonyl (C=O) groups is 2. The molecule has 0 aliphatic carbocycles. The third kappa shape index (κ3) is 5.40. The minimum atomic E-state index is -0.469. The second-order valence-electron chi connectivity index (χ2n) is 3.68. The van der Waals surface area contributed by atoms with E-state index in [0.29, 0.717) is 5.56 Å². The van der Waals surface area contributed by atoms with Crippen molar-refractivity contribution in [2.24, 2.45) is 0 Å². The minimum Gasteiger partial charge on any atom is -0.468 e. The lowest BCUT2D eigenvalue weighted by Gasteiger charge is -2.08. The number of aliphatic hydroxyl groups excluding tert-OH is 1. The van der Waals surface area contributed by atoms with Gasteiger partial charge in [0, 0.05) is 17.1 Å². The van der Waals surface area contributed by atoms with Crippen molar-refractivity contribution in [2.45, 2.75) is 13.8 Å². The molecule has 0 bridgehead atoms. The summed E-state index contributed by atoms with van der Waals surface area (Å²) in [5.41, 5.74) is 2.49. The first-order valence-electron chi connectivity index (χ1n) is 5.52. The molecule has 1 amide bonds. The van der Waals surface area contributed by atoms with Crippen molar-refractivity contribution in [1.29, 1.82) is 0 Å². The van der Waals surface area contributed by atoms with E-state index in [1.807, 2.05) is 13.8 Å². The zero-order valence-electron chi connectivity index (χ0n) is 11.4. The van der Waals surface area contributed by atoms with Gasteiger partial charge in [-0.15, -0.1) is 0 Å². The number of carbonyl (C=O) groups excluding carboxylic acids is 2. The largest absolute Gasteiger partial charge is 0.468 e. The Hall–Kier alpha value is -1.40. The molecule has 0 spiro atoms. The number of hydrogen-bond donors (Lipinski definition) is 2. The Balaban J connectivity index is 0.00000154. The molecule has 106 valence electrons. The molecule has 0 saturated carbocycles. The topological polar surface area (TPSA) is 75.6 Å². The van der Waals surface area contributed by atoms with Crippen LogP contribution in [0, 0.1) is 13.8 Å². The number of hydrogen-bond acceptors (Lipinski definition) is 4. The highest BCUT2D eigenvalue weighted by molar-refractivity contribution is 9.10. The molecule has 19 heavy (non-hydrogen) atoms. The van der Waals surface area contributed by atoms with Crippen LogP contribution in [0.3, 0.4) is 0 Å². The summed E-state index contributed by atoms with van der Waals surface area (Å²) in [4.78, 5) is 22.6. The second kappa shape index (κ2) is 8.66. The molecule has 0 aliphatic rings. The lowest BCUT2D eigenvalue weighted by molar-refractivity contribution is -0.139. The van der Waals surface area contributed by atoms with Gasteiger partial charge < -0.3 is 15.2 Å². The molecule has 0 radical (unpaired) electrons. The molecule has 1 aromatic carbocycles. The summed E-state index contributed by atoms with van der Waals surface area (Å²) in [6.45, 7) is 3.70. The van der Waals surface area contributed by atoms with Crippen LogP contribution in [0.4, 0.5) is 0 Å². The fraction of sp³-hybridized carbons (Fsp3) is 0.385. The number of esters is 1. The van der Waals surface area contributed by atoms with Crippen LogP contribution in [0.2, 0.25) is 0 Å². The molecule has 5 nitrogen and oxygen atoms in total. The number of nitrogens with one attached hydrogen (secondary N) is 1. The van der Waals surface area contributed by atoms with Crippen LogP contribution in [0.1, 0.15) is 21.5 Å². The number of amides is 1. The zero-order valence-corrected chi connectivity index (χ0v) is 13.0. The number of aliphatic hydroxyl groups is 1. The van der Waals surface area contributed by atoms with E-state index in [4.69, 9.17) is 5.11 Å². The van der Waals surface area contributed by atoms with E-state index in [-0.39, 0.29) is 12.5 Å². The highest BCUT2D eigenvalue weighted by Crippen LogP contribution is 2.22. The standard InChI is InChI=1S/C12H14BrNO3.CH4O/c1-7-4-9(5-8(2)11(7)13)12(16)14-6-10(15)17-3;1-2/h4-5H,6H2,1-3H3,(H,14,16);2H,1H3. The second-order valence-corrected chi connectivity index (χ2v) is 4.48. The predicted molar refractivity (Wildman–Crippen MR) is 76.1 cm³/mol. The maximum Gasteiger partial charge on any atom is 0.325 e. The number of benzene rings is 1. The molecule has 0 heterocycles. The first kappa shape index (κ1) is 17.6. The Kier molecular flexibility index (Phi) is 8.02. The maximum absolute atomic E-state index is 11.7. The van der Waals surface area contributed by atoms with E-state index in [2.05, 4.69) is 26.0 Å². The van der Waals surface area contributed by atoms with Gasteiger partial charge in [-0.2, -0.15) is 0 Å². The Morgan fingerprint density at radius 2 is 1.74 bits per heavy atom. The molecule has 0 saturated heterocycles. The number of aryl methyl sites for hydroxylation is 2. The van der Waals surface area contributed by atoms with Gasteiger partial charge in [0.15, 0.2) is 0 Å². The number of methoxy groups -OCH3 is 1. The molecule has 0 aliphatic heterocycles. The molecule has 0 unspecified atom stereocenters. The van der Waals surface area contributed by atoms with E-state index < -0.39 is 5.97 Å². The summed E-state index contributed by atoms with van der Waals surface area (Å²) >= 11 is 3.43.